The van der Waals surface area contributed by atoms with Crippen LogP contribution in [-0.2, 0) is 9.53 Å². The number of ether oxygens (including phenoxy) is 2. The predicted octanol–water partition coefficient (Wildman–Crippen LogP) is 2.26. The Morgan fingerprint density at radius 1 is 1.43 bits per heavy atom. The van der Waals surface area contributed by atoms with Crippen LogP contribution in [0.5, 0.6) is 5.75 Å². The SMILES string of the molecule is CCNC(C)c1ccc(Br)cc1OCC(=O)NCCOC. The van der Waals surface area contributed by atoms with Crippen LogP contribution in [0.25, 0.3) is 0 Å². The minimum Gasteiger partial charge on any atom is -0.483 e. The molecule has 118 valence electrons. The monoisotopic (exact) mass is 358 g/mol. The summed E-state index contributed by atoms with van der Waals surface area (Å²) in [5, 5.41) is 6.06. The summed E-state index contributed by atoms with van der Waals surface area (Å²) in [4.78, 5) is 11.7. The van der Waals surface area contributed by atoms with Crippen molar-refractivity contribution >= 4 is 21.8 Å². The van der Waals surface area contributed by atoms with Gasteiger partial charge in [0.15, 0.2) is 6.61 Å². The van der Waals surface area contributed by atoms with E-state index >= 15 is 0 Å². The molecule has 5 nitrogen and oxygen atoms in total. The maximum Gasteiger partial charge on any atom is 0.258 e. The molecule has 1 aromatic rings. The molecule has 1 amide bonds. The average Bonchev–Trinajstić information content (AvgIpc) is 2.45. The van der Waals surface area contributed by atoms with Crippen molar-refractivity contribution in [3.63, 3.8) is 0 Å². The van der Waals surface area contributed by atoms with Gasteiger partial charge < -0.3 is 20.1 Å². The highest BCUT2D eigenvalue weighted by molar-refractivity contribution is 9.10. The van der Waals surface area contributed by atoms with Gasteiger partial charge in [0.2, 0.25) is 0 Å². The van der Waals surface area contributed by atoms with E-state index in [2.05, 4.69) is 40.4 Å². The zero-order chi connectivity index (χ0) is 15.7. The molecule has 0 fully saturated rings. The molecule has 0 aliphatic carbocycles. The van der Waals surface area contributed by atoms with Crippen LogP contribution < -0.4 is 15.4 Å². The van der Waals surface area contributed by atoms with Gasteiger partial charge in [0.1, 0.15) is 5.75 Å². The Morgan fingerprint density at radius 3 is 2.86 bits per heavy atom. The number of rotatable bonds is 9. The second-order valence-electron chi connectivity index (χ2n) is 4.59. The van der Waals surface area contributed by atoms with Gasteiger partial charge in [-0.15, -0.1) is 0 Å². The quantitative estimate of drug-likeness (QED) is 0.664. The van der Waals surface area contributed by atoms with E-state index < -0.39 is 0 Å². The minimum atomic E-state index is -0.158. The van der Waals surface area contributed by atoms with Crippen LogP contribution in [0.3, 0.4) is 0 Å². The first-order chi connectivity index (χ1) is 10.1. The lowest BCUT2D eigenvalue weighted by Gasteiger charge is -2.18. The number of carbonyl (C=O) groups is 1. The molecule has 1 atom stereocenters. The topological polar surface area (TPSA) is 59.6 Å². The molecule has 0 aromatic heterocycles. The van der Waals surface area contributed by atoms with E-state index in [1.54, 1.807) is 7.11 Å². The summed E-state index contributed by atoms with van der Waals surface area (Å²) in [5.41, 5.74) is 1.03. The largest absolute Gasteiger partial charge is 0.483 e. The molecule has 0 bridgehead atoms. The van der Waals surface area contributed by atoms with E-state index in [9.17, 15) is 4.79 Å². The van der Waals surface area contributed by atoms with Crippen molar-refractivity contribution in [1.82, 2.24) is 10.6 Å². The van der Waals surface area contributed by atoms with Crippen LogP contribution in [0, 0.1) is 0 Å². The maximum absolute atomic E-state index is 11.7. The molecule has 21 heavy (non-hydrogen) atoms. The molecule has 0 aliphatic rings. The van der Waals surface area contributed by atoms with Gasteiger partial charge in [-0.25, -0.2) is 0 Å². The number of benzene rings is 1. The lowest BCUT2D eigenvalue weighted by Crippen LogP contribution is -2.31. The fourth-order valence-electron chi connectivity index (χ4n) is 1.89. The van der Waals surface area contributed by atoms with Crippen molar-refractivity contribution in [3.05, 3.63) is 28.2 Å². The van der Waals surface area contributed by atoms with Gasteiger partial charge >= 0.3 is 0 Å². The summed E-state index contributed by atoms with van der Waals surface area (Å²) < 4.78 is 11.5. The lowest BCUT2D eigenvalue weighted by atomic mass is 10.1. The fourth-order valence-corrected chi connectivity index (χ4v) is 2.23. The summed E-state index contributed by atoms with van der Waals surface area (Å²) in [6, 6.07) is 6.00. The van der Waals surface area contributed by atoms with Crippen LogP contribution in [0.1, 0.15) is 25.5 Å². The zero-order valence-electron chi connectivity index (χ0n) is 12.7. The number of halogens is 1. The molecule has 1 rings (SSSR count). The first-order valence-corrected chi connectivity index (χ1v) is 7.79. The highest BCUT2D eigenvalue weighted by Crippen LogP contribution is 2.28. The van der Waals surface area contributed by atoms with Gasteiger partial charge in [-0.2, -0.15) is 0 Å². The molecule has 0 aliphatic heterocycles. The fraction of sp³-hybridized carbons (Fsp3) is 0.533. The third-order valence-electron chi connectivity index (χ3n) is 2.94. The molecule has 0 spiro atoms. The van der Waals surface area contributed by atoms with Crippen molar-refractivity contribution in [2.24, 2.45) is 0 Å². The van der Waals surface area contributed by atoms with E-state index in [0.29, 0.717) is 18.9 Å². The van der Waals surface area contributed by atoms with Crippen LogP contribution in [0.15, 0.2) is 22.7 Å². The maximum atomic E-state index is 11.7. The second-order valence-corrected chi connectivity index (χ2v) is 5.51. The van der Waals surface area contributed by atoms with Gasteiger partial charge in [0.25, 0.3) is 5.91 Å². The molecule has 1 unspecified atom stereocenters. The molecule has 0 saturated carbocycles. The van der Waals surface area contributed by atoms with Crippen LogP contribution >= 0.6 is 15.9 Å². The Labute approximate surface area is 134 Å². The van der Waals surface area contributed by atoms with E-state index in [-0.39, 0.29) is 18.6 Å². The van der Waals surface area contributed by atoms with Gasteiger partial charge in [0.05, 0.1) is 6.61 Å². The zero-order valence-corrected chi connectivity index (χ0v) is 14.3. The Hall–Kier alpha value is -1.11. The lowest BCUT2D eigenvalue weighted by molar-refractivity contribution is -0.123. The van der Waals surface area contributed by atoms with Gasteiger partial charge in [-0.05, 0) is 25.6 Å². The molecule has 6 heteroatoms. The Bertz CT molecular complexity index is 455. The summed E-state index contributed by atoms with van der Waals surface area (Å²) >= 11 is 3.43. The van der Waals surface area contributed by atoms with Gasteiger partial charge in [-0.3, -0.25) is 4.79 Å². The molecule has 1 aromatic carbocycles. The van der Waals surface area contributed by atoms with Crippen molar-refractivity contribution in [3.8, 4) is 5.75 Å². The molecular formula is C15H23BrN2O3. The molecule has 0 saturated heterocycles. The number of amides is 1. The summed E-state index contributed by atoms with van der Waals surface area (Å²) in [6.07, 6.45) is 0. The van der Waals surface area contributed by atoms with Crippen molar-refractivity contribution in [2.75, 3.05) is 33.4 Å². The number of hydrogen-bond acceptors (Lipinski definition) is 4. The third kappa shape index (κ3) is 6.46. The van der Waals surface area contributed by atoms with Gasteiger partial charge in [0, 0.05) is 29.7 Å². The van der Waals surface area contributed by atoms with Crippen molar-refractivity contribution in [2.45, 2.75) is 19.9 Å². The molecule has 2 N–H and O–H groups in total. The Balaban J connectivity index is 2.64. The number of methoxy groups -OCH3 is 1. The Morgan fingerprint density at radius 2 is 2.19 bits per heavy atom. The molecule has 0 radical (unpaired) electrons. The summed E-state index contributed by atoms with van der Waals surface area (Å²) in [6.45, 7) is 5.96. The predicted molar refractivity (Wildman–Crippen MR) is 86.6 cm³/mol. The highest BCUT2D eigenvalue weighted by Gasteiger charge is 2.12. The normalized spacial score (nSPS) is 12.0. The second kappa shape index (κ2) is 9.76. The van der Waals surface area contributed by atoms with E-state index in [0.717, 1.165) is 16.6 Å². The summed E-state index contributed by atoms with van der Waals surface area (Å²) in [5.74, 6) is 0.550. The van der Waals surface area contributed by atoms with Crippen LogP contribution in [0.2, 0.25) is 0 Å². The summed E-state index contributed by atoms with van der Waals surface area (Å²) in [7, 11) is 1.60. The smallest absolute Gasteiger partial charge is 0.258 e. The molecule has 0 heterocycles. The first-order valence-electron chi connectivity index (χ1n) is 6.99. The molecular weight excluding hydrogens is 336 g/mol. The number of carbonyl (C=O) groups excluding carboxylic acids is 1. The average molecular weight is 359 g/mol. The highest BCUT2D eigenvalue weighted by atomic mass is 79.9. The number of hydrogen-bond donors (Lipinski definition) is 2. The minimum absolute atomic E-state index is 0.00792. The first kappa shape index (κ1) is 17.9. The van der Waals surface area contributed by atoms with Gasteiger partial charge in [-0.1, -0.05) is 28.9 Å². The van der Waals surface area contributed by atoms with Crippen molar-refractivity contribution < 1.29 is 14.3 Å². The van der Waals surface area contributed by atoms with Crippen molar-refractivity contribution in [1.29, 1.82) is 0 Å². The van der Waals surface area contributed by atoms with E-state index in [1.165, 1.54) is 0 Å². The van der Waals surface area contributed by atoms with E-state index in [4.69, 9.17) is 9.47 Å². The van der Waals surface area contributed by atoms with Crippen LogP contribution in [0.4, 0.5) is 0 Å². The van der Waals surface area contributed by atoms with Crippen LogP contribution in [-0.4, -0.2) is 39.3 Å². The number of nitrogens with one attached hydrogen (secondary N) is 2. The van der Waals surface area contributed by atoms with E-state index in [1.807, 2.05) is 18.2 Å². The Kier molecular flexibility index (Phi) is 8.34. The standard InChI is InChI=1S/C15H23BrN2O3/c1-4-17-11(2)13-6-5-12(16)9-14(13)21-10-15(19)18-7-8-20-3/h5-6,9,11,17H,4,7-8,10H2,1-3H3,(H,18,19). The third-order valence-corrected chi connectivity index (χ3v) is 3.43.